The Bertz CT molecular complexity index is 456. The van der Waals surface area contributed by atoms with Gasteiger partial charge in [0.15, 0.2) is 0 Å². The molecular weight excluding hydrogens is 318 g/mol. The molecule has 1 aromatic carbocycles. The predicted molar refractivity (Wildman–Crippen MR) is 85.2 cm³/mol. The molecule has 2 N–H and O–H groups in total. The lowest BCUT2D eigenvalue weighted by molar-refractivity contribution is 0.115. The van der Waals surface area contributed by atoms with Gasteiger partial charge in [-0.2, -0.15) is 0 Å². The van der Waals surface area contributed by atoms with Crippen LogP contribution in [0.25, 0.3) is 0 Å². The van der Waals surface area contributed by atoms with E-state index >= 15 is 0 Å². The number of nitrogens with one attached hydrogen (secondary N) is 1. The first-order valence-corrected chi connectivity index (χ1v) is 7.97. The van der Waals surface area contributed by atoms with E-state index in [1.54, 1.807) is 0 Å². The summed E-state index contributed by atoms with van der Waals surface area (Å²) in [4.78, 5) is 0. The fourth-order valence-corrected chi connectivity index (χ4v) is 3.00. The molecule has 0 spiro atoms. The van der Waals surface area contributed by atoms with Crippen molar-refractivity contribution in [1.29, 1.82) is 0 Å². The molecule has 1 aromatic rings. The number of ether oxygens (including phenoxy) is 1. The van der Waals surface area contributed by atoms with Gasteiger partial charge in [-0.05, 0) is 35.6 Å². The summed E-state index contributed by atoms with van der Waals surface area (Å²) in [6.45, 7) is 7.82. The van der Waals surface area contributed by atoms with E-state index in [0.29, 0.717) is 6.54 Å². The fourth-order valence-electron chi connectivity index (χ4n) is 2.59. The summed E-state index contributed by atoms with van der Waals surface area (Å²) in [6, 6.07) is 6.12. The molecular formula is C16H24BrNO2. The van der Waals surface area contributed by atoms with Crippen LogP contribution in [-0.2, 0) is 6.42 Å². The summed E-state index contributed by atoms with van der Waals surface area (Å²) in [5.74, 6) is 0.982. The molecule has 0 amide bonds. The van der Waals surface area contributed by atoms with Gasteiger partial charge >= 0.3 is 0 Å². The first-order valence-electron chi connectivity index (χ1n) is 7.17. The quantitative estimate of drug-likeness (QED) is 0.864. The highest BCUT2D eigenvalue weighted by atomic mass is 79.9. The molecule has 2 atom stereocenters. The van der Waals surface area contributed by atoms with Crippen molar-refractivity contribution in [3.05, 3.63) is 28.2 Å². The van der Waals surface area contributed by atoms with Crippen LogP contribution in [0.1, 0.15) is 32.8 Å². The third-order valence-electron chi connectivity index (χ3n) is 3.36. The molecule has 0 radical (unpaired) electrons. The Morgan fingerprint density at radius 2 is 2.20 bits per heavy atom. The SMILES string of the molecule is CC(C)(C)CC(O)CNCC1Cc2cc(Br)ccc2O1. The third-order valence-corrected chi connectivity index (χ3v) is 3.86. The van der Waals surface area contributed by atoms with Crippen molar-refractivity contribution < 1.29 is 9.84 Å². The van der Waals surface area contributed by atoms with Gasteiger partial charge in [-0.3, -0.25) is 0 Å². The van der Waals surface area contributed by atoms with Gasteiger partial charge in [-0.25, -0.2) is 0 Å². The summed E-state index contributed by atoms with van der Waals surface area (Å²) in [7, 11) is 0. The van der Waals surface area contributed by atoms with E-state index in [9.17, 15) is 5.11 Å². The van der Waals surface area contributed by atoms with Crippen molar-refractivity contribution in [2.75, 3.05) is 13.1 Å². The van der Waals surface area contributed by atoms with Crippen LogP contribution in [0.15, 0.2) is 22.7 Å². The van der Waals surface area contributed by atoms with Gasteiger partial charge in [-0.15, -0.1) is 0 Å². The van der Waals surface area contributed by atoms with Crippen molar-refractivity contribution in [3.8, 4) is 5.75 Å². The lowest BCUT2D eigenvalue weighted by Crippen LogP contribution is -2.36. The molecule has 1 aliphatic rings. The molecule has 4 heteroatoms. The van der Waals surface area contributed by atoms with Crippen LogP contribution < -0.4 is 10.1 Å². The lowest BCUT2D eigenvalue weighted by atomic mass is 9.89. The van der Waals surface area contributed by atoms with E-state index in [0.717, 1.165) is 29.6 Å². The average molecular weight is 342 g/mol. The second-order valence-electron chi connectivity index (χ2n) is 6.77. The van der Waals surface area contributed by atoms with Crippen LogP contribution in [0, 0.1) is 5.41 Å². The van der Waals surface area contributed by atoms with E-state index in [1.165, 1.54) is 5.56 Å². The molecule has 0 saturated carbocycles. The number of aliphatic hydroxyl groups excluding tert-OH is 1. The molecule has 20 heavy (non-hydrogen) atoms. The summed E-state index contributed by atoms with van der Waals surface area (Å²) in [5, 5.41) is 13.3. The molecule has 2 rings (SSSR count). The molecule has 0 aromatic heterocycles. The van der Waals surface area contributed by atoms with Gasteiger partial charge in [0.1, 0.15) is 11.9 Å². The minimum Gasteiger partial charge on any atom is -0.488 e. The summed E-state index contributed by atoms with van der Waals surface area (Å²) >= 11 is 3.48. The minimum atomic E-state index is -0.298. The van der Waals surface area contributed by atoms with Crippen LogP contribution >= 0.6 is 15.9 Å². The molecule has 0 saturated heterocycles. The molecule has 0 bridgehead atoms. The Morgan fingerprint density at radius 3 is 2.90 bits per heavy atom. The van der Waals surface area contributed by atoms with E-state index in [-0.39, 0.29) is 17.6 Å². The van der Waals surface area contributed by atoms with Crippen molar-refractivity contribution >= 4 is 15.9 Å². The number of hydrogen-bond donors (Lipinski definition) is 2. The molecule has 2 unspecified atom stereocenters. The smallest absolute Gasteiger partial charge is 0.123 e. The van der Waals surface area contributed by atoms with Crippen LogP contribution in [0.4, 0.5) is 0 Å². The fraction of sp³-hybridized carbons (Fsp3) is 0.625. The first kappa shape index (κ1) is 15.8. The van der Waals surface area contributed by atoms with Crippen molar-refractivity contribution in [2.45, 2.75) is 45.8 Å². The monoisotopic (exact) mass is 341 g/mol. The third kappa shape index (κ3) is 4.76. The number of aliphatic hydroxyl groups is 1. The van der Waals surface area contributed by atoms with E-state index in [4.69, 9.17) is 4.74 Å². The Kier molecular flexibility index (Phi) is 5.10. The van der Waals surface area contributed by atoms with Crippen molar-refractivity contribution in [3.63, 3.8) is 0 Å². The summed E-state index contributed by atoms with van der Waals surface area (Å²) < 4.78 is 6.97. The van der Waals surface area contributed by atoms with Gasteiger partial charge in [0, 0.05) is 24.0 Å². The molecule has 112 valence electrons. The summed E-state index contributed by atoms with van der Waals surface area (Å²) in [6.07, 6.45) is 1.60. The Balaban J connectivity index is 1.72. The largest absolute Gasteiger partial charge is 0.488 e. The van der Waals surface area contributed by atoms with Crippen LogP contribution in [0.2, 0.25) is 0 Å². The van der Waals surface area contributed by atoms with Crippen molar-refractivity contribution in [2.24, 2.45) is 5.41 Å². The van der Waals surface area contributed by atoms with E-state index < -0.39 is 0 Å². The second-order valence-corrected chi connectivity index (χ2v) is 7.69. The van der Waals surface area contributed by atoms with Gasteiger partial charge in [0.05, 0.1) is 6.10 Å². The number of fused-ring (bicyclic) bond motifs is 1. The molecule has 3 nitrogen and oxygen atoms in total. The maximum absolute atomic E-state index is 9.96. The van der Waals surface area contributed by atoms with Gasteiger partial charge in [0.25, 0.3) is 0 Å². The standard InChI is InChI=1S/C16H24BrNO2/c1-16(2,3)8-13(19)9-18-10-14-7-11-6-12(17)4-5-15(11)20-14/h4-6,13-14,18-19H,7-10H2,1-3H3. The first-order chi connectivity index (χ1) is 9.33. The number of hydrogen-bond acceptors (Lipinski definition) is 3. The van der Waals surface area contributed by atoms with Crippen LogP contribution in [0.3, 0.4) is 0 Å². The molecule has 0 fully saturated rings. The number of rotatable bonds is 5. The molecule has 1 aliphatic heterocycles. The van der Waals surface area contributed by atoms with Crippen LogP contribution in [0.5, 0.6) is 5.75 Å². The Hall–Kier alpha value is -0.580. The average Bonchev–Trinajstić information content (AvgIpc) is 2.68. The van der Waals surface area contributed by atoms with Gasteiger partial charge in [0.2, 0.25) is 0 Å². The highest BCUT2D eigenvalue weighted by Gasteiger charge is 2.23. The van der Waals surface area contributed by atoms with Crippen LogP contribution in [-0.4, -0.2) is 30.4 Å². The highest BCUT2D eigenvalue weighted by molar-refractivity contribution is 9.10. The van der Waals surface area contributed by atoms with Crippen molar-refractivity contribution in [1.82, 2.24) is 5.32 Å². The topological polar surface area (TPSA) is 41.5 Å². The summed E-state index contributed by atoms with van der Waals surface area (Å²) in [5.41, 5.74) is 1.41. The minimum absolute atomic E-state index is 0.160. The molecule has 0 aliphatic carbocycles. The Labute approximate surface area is 129 Å². The maximum Gasteiger partial charge on any atom is 0.123 e. The van der Waals surface area contributed by atoms with E-state index in [2.05, 4.69) is 48.1 Å². The highest BCUT2D eigenvalue weighted by Crippen LogP contribution is 2.30. The number of halogens is 1. The normalized spacial score (nSPS) is 19.6. The zero-order chi connectivity index (χ0) is 14.8. The molecule has 1 heterocycles. The Morgan fingerprint density at radius 1 is 1.45 bits per heavy atom. The zero-order valence-corrected chi connectivity index (χ0v) is 14.0. The second kappa shape index (κ2) is 6.46. The van der Waals surface area contributed by atoms with Gasteiger partial charge in [-0.1, -0.05) is 36.7 Å². The zero-order valence-electron chi connectivity index (χ0n) is 12.4. The van der Waals surface area contributed by atoms with E-state index in [1.807, 2.05) is 12.1 Å². The number of benzene rings is 1. The van der Waals surface area contributed by atoms with Gasteiger partial charge < -0.3 is 15.2 Å². The lowest BCUT2D eigenvalue weighted by Gasteiger charge is -2.23. The predicted octanol–water partition coefficient (Wildman–Crippen LogP) is 3.14. The maximum atomic E-state index is 9.96.